The Balaban J connectivity index is 0.00000264. The SMILES string of the molecule is CSc1nnc(CN=C(N)NC(C)c2ccc(Cl)cc2Cl)s1.I. The number of aliphatic imine (C=N–C) groups is 1. The fourth-order valence-electron chi connectivity index (χ4n) is 1.74. The maximum atomic E-state index is 6.18. The van der Waals surface area contributed by atoms with Crippen LogP contribution in [0.4, 0.5) is 0 Å². The minimum Gasteiger partial charge on any atom is -0.370 e. The fraction of sp³-hybridized carbons (Fsp3) is 0.308. The molecule has 1 heterocycles. The third-order valence-electron chi connectivity index (χ3n) is 2.80. The Labute approximate surface area is 170 Å². The molecule has 5 nitrogen and oxygen atoms in total. The molecule has 126 valence electrons. The van der Waals surface area contributed by atoms with Crippen molar-refractivity contribution in [3.63, 3.8) is 0 Å². The predicted octanol–water partition coefficient (Wildman–Crippen LogP) is 4.35. The van der Waals surface area contributed by atoms with E-state index in [1.54, 1.807) is 23.9 Å². The Morgan fingerprint density at radius 3 is 2.78 bits per heavy atom. The molecule has 1 atom stereocenters. The zero-order valence-electron chi connectivity index (χ0n) is 12.4. The van der Waals surface area contributed by atoms with E-state index in [1.807, 2.05) is 19.2 Å². The van der Waals surface area contributed by atoms with E-state index in [9.17, 15) is 0 Å². The van der Waals surface area contributed by atoms with Gasteiger partial charge in [0, 0.05) is 10.0 Å². The Hall–Kier alpha value is -0.290. The minimum absolute atomic E-state index is 0. The molecule has 0 spiro atoms. The van der Waals surface area contributed by atoms with Gasteiger partial charge in [0.2, 0.25) is 0 Å². The summed E-state index contributed by atoms with van der Waals surface area (Å²) in [6.07, 6.45) is 1.96. The Morgan fingerprint density at radius 2 is 2.17 bits per heavy atom. The van der Waals surface area contributed by atoms with E-state index in [0.29, 0.717) is 22.5 Å². The summed E-state index contributed by atoms with van der Waals surface area (Å²) in [5.74, 6) is 0.333. The second kappa shape index (κ2) is 9.87. The van der Waals surface area contributed by atoms with Crippen molar-refractivity contribution in [1.29, 1.82) is 0 Å². The summed E-state index contributed by atoms with van der Waals surface area (Å²) in [5.41, 5.74) is 6.81. The normalized spacial score (nSPS) is 12.6. The Kier molecular flexibility index (Phi) is 8.91. The molecule has 0 radical (unpaired) electrons. The maximum absolute atomic E-state index is 6.18. The largest absolute Gasteiger partial charge is 0.370 e. The molecule has 0 aliphatic heterocycles. The monoisotopic (exact) mass is 503 g/mol. The average molecular weight is 504 g/mol. The summed E-state index contributed by atoms with van der Waals surface area (Å²) in [4.78, 5) is 4.27. The van der Waals surface area contributed by atoms with Crippen molar-refractivity contribution in [2.45, 2.75) is 23.8 Å². The van der Waals surface area contributed by atoms with Crippen molar-refractivity contribution in [3.05, 3.63) is 38.8 Å². The molecule has 0 fully saturated rings. The number of hydrogen-bond donors (Lipinski definition) is 2. The van der Waals surface area contributed by atoms with Gasteiger partial charge in [0.05, 0.1) is 12.6 Å². The first-order chi connectivity index (χ1) is 10.5. The highest BCUT2D eigenvalue weighted by Gasteiger charge is 2.11. The van der Waals surface area contributed by atoms with E-state index in [4.69, 9.17) is 28.9 Å². The summed E-state index contributed by atoms with van der Waals surface area (Å²) in [5, 5.41) is 13.2. The van der Waals surface area contributed by atoms with Crippen molar-refractivity contribution in [2.75, 3.05) is 6.26 Å². The number of benzene rings is 1. The highest BCUT2D eigenvalue weighted by Crippen LogP contribution is 2.26. The van der Waals surface area contributed by atoms with Gasteiger partial charge in [-0.2, -0.15) is 0 Å². The number of halogens is 3. The summed E-state index contributed by atoms with van der Waals surface area (Å²) in [6.45, 7) is 2.35. The van der Waals surface area contributed by atoms with E-state index < -0.39 is 0 Å². The van der Waals surface area contributed by atoms with E-state index in [-0.39, 0.29) is 30.0 Å². The molecule has 0 aliphatic carbocycles. The molecule has 0 aliphatic rings. The molecule has 2 aromatic rings. The molecule has 0 saturated heterocycles. The fourth-order valence-corrected chi connectivity index (χ4v) is 3.55. The van der Waals surface area contributed by atoms with Crippen LogP contribution in [0.3, 0.4) is 0 Å². The minimum atomic E-state index is -0.0790. The number of nitrogens with two attached hydrogens (primary N) is 1. The van der Waals surface area contributed by atoms with Gasteiger partial charge in [0.15, 0.2) is 10.3 Å². The van der Waals surface area contributed by atoms with E-state index in [1.165, 1.54) is 11.3 Å². The third-order valence-corrected chi connectivity index (χ3v) is 5.25. The molecule has 23 heavy (non-hydrogen) atoms. The molecular weight excluding hydrogens is 488 g/mol. The van der Waals surface area contributed by atoms with Gasteiger partial charge in [0.1, 0.15) is 5.01 Å². The molecule has 2 rings (SSSR count). The maximum Gasteiger partial charge on any atom is 0.189 e. The lowest BCUT2D eigenvalue weighted by Gasteiger charge is -2.16. The van der Waals surface area contributed by atoms with Crippen LogP contribution in [0.1, 0.15) is 23.5 Å². The number of rotatable bonds is 5. The number of nitrogens with one attached hydrogen (secondary N) is 1. The smallest absolute Gasteiger partial charge is 0.189 e. The Morgan fingerprint density at radius 1 is 1.43 bits per heavy atom. The Bertz CT molecular complexity index is 680. The topological polar surface area (TPSA) is 76.2 Å². The summed E-state index contributed by atoms with van der Waals surface area (Å²) >= 11 is 15.1. The summed E-state index contributed by atoms with van der Waals surface area (Å²) in [6, 6.07) is 5.28. The second-order valence-electron chi connectivity index (χ2n) is 4.40. The standard InChI is InChI=1S/C13H15Cl2N5S2.HI/c1-7(9-4-3-8(14)5-10(9)15)18-12(16)17-6-11-19-20-13(21-2)22-11;/h3-5,7H,6H2,1-2H3,(H3,16,17,18);1H. The second-order valence-corrected chi connectivity index (χ2v) is 7.36. The van der Waals surface area contributed by atoms with Crippen LogP contribution >= 0.6 is 70.3 Å². The van der Waals surface area contributed by atoms with Crippen molar-refractivity contribution in [1.82, 2.24) is 15.5 Å². The van der Waals surface area contributed by atoms with Crippen LogP contribution in [-0.4, -0.2) is 22.4 Å². The van der Waals surface area contributed by atoms with Crippen LogP contribution in [0.25, 0.3) is 0 Å². The van der Waals surface area contributed by atoms with Gasteiger partial charge in [-0.15, -0.1) is 34.2 Å². The molecule has 1 aromatic carbocycles. The first-order valence-electron chi connectivity index (χ1n) is 6.37. The lowest BCUT2D eigenvalue weighted by molar-refractivity contribution is 0.707. The van der Waals surface area contributed by atoms with Crippen LogP contribution in [0.5, 0.6) is 0 Å². The molecule has 10 heteroatoms. The van der Waals surface area contributed by atoms with Crippen LogP contribution in [0.2, 0.25) is 10.0 Å². The van der Waals surface area contributed by atoms with E-state index >= 15 is 0 Å². The van der Waals surface area contributed by atoms with Crippen LogP contribution in [-0.2, 0) is 6.54 Å². The van der Waals surface area contributed by atoms with Crippen LogP contribution < -0.4 is 11.1 Å². The van der Waals surface area contributed by atoms with Gasteiger partial charge in [-0.3, -0.25) is 0 Å². The van der Waals surface area contributed by atoms with Gasteiger partial charge in [0.25, 0.3) is 0 Å². The molecule has 1 unspecified atom stereocenters. The zero-order chi connectivity index (χ0) is 16.1. The first kappa shape index (κ1) is 20.8. The van der Waals surface area contributed by atoms with E-state index in [2.05, 4.69) is 20.5 Å². The number of hydrogen-bond acceptors (Lipinski definition) is 5. The quantitative estimate of drug-likeness (QED) is 0.274. The molecular formula is C13H16Cl2IN5S2. The predicted molar refractivity (Wildman–Crippen MR) is 110 cm³/mol. The highest BCUT2D eigenvalue weighted by molar-refractivity contribution is 14.0. The van der Waals surface area contributed by atoms with Crippen molar-refractivity contribution in [2.24, 2.45) is 10.7 Å². The van der Waals surface area contributed by atoms with Crippen LogP contribution in [0, 0.1) is 0 Å². The molecule has 3 N–H and O–H groups in total. The number of guanidine groups is 1. The summed E-state index contributed by atoms with van der Waals surface area (Å²) < 4.78 is 0.915. The van der Waals surface area contributed by atoms with Crippen LogP contribution in [0.15, 0.2) is 27.5 Å². The highest BCUT2D eigenvalue weighted by atomic mass is 127. The van der Waals surface area contributed by atoms with Gasteiger partial charge in [-0.05, 0) is 30.9 Å². The van der Waals surface area contributed by atoms with Crippen molar-refractivity contribution < 1.29 is 0 Å². The number of aromatic nitrogens is 2. The van der Waals surface area contributed by atoms with Crippen molar-refractivity contribution in [3.8, 4) is 0 Å². The zero-order valence-corrected chi connectivity index (χ0v) is 17.9. The van der Waals surface area contributed by atoms with Gasteiger partial charge in [-0.25, -0.2) is 4.99 Å². The van der Waals surface area contributed by atoms with E-state index in [0.717, 1.165) is 14.9 Å². The third kappa shape index (κ3) is 6.26. The average Bonchev–Trinajstić information content (AvgIpc) is 2.93. The summed E-state index contributed by atoms with van der Waals surface area (Å²) in [7, 11) is 0. The molecule has 0 bridgehead atoms. The molecule has 1 aromatic heterocycles. The number of nitrogens with zero attached hydrogens (tertiary/aromatic N) is 3. The lowest BCUT2D eigenvalue weighted by Crippen LogP contribution is -2.34. The van der Waals surface area contributed by atoms with Crippen molar-refractivity contribution >= 4 is 76.2 Å². The molecule has 0 saturated carbocycles. The number of thioether (sulfide) groups is 1. The van der Waals surface area contributed by atoms with Gasteiger partial charge in [-0.1, -0.05) is 52.4 Å². The lowest BCUT2D eigenvalue weighted by atomic mass is 10.1. The van der Waals surface area contributed by atoms with Gasteiger partial charge < -0.3 is 11.1 Å². The first-order valence-corrected chi connectivity index (χ1v) is 9.17. The molecule has 0 amide bonds. The van der Waals surface area contributed by atoms with Gasteiger partial charge >= 0.3 is 0 Å².